The Morgan fingerprint density at radius 2 is 1.68 bits per heavy atom. The molecular weight excluding hydrogens is 294 g/mol. The minimum absolute atomic E-state index is 0.329. The number of benzene rings is 2. The van der Waals surface area contributed by atoms with Crippen molar-refractivity contribution in [3.63, 3.8) is 0 Å². The van der Waals surface area contributed by atoms with Crippen LogP contribution in [0, 0.1) is 11.3 Å². The van der Waals surface area contributed by atoms with E-state index in [1.54, 1.807) is 24.3 Å². The van der Waals surface area contributed by atoms with Crippen LogP contribution in [0.1, 0.15) is 49.1 Å². The summed E-state index contributed by atoms with van der Waals surface area (Å²) in [6, 6.07) is 13.0. The number of aromatic hydroxyl groups is 1. The van der Waals surface area contributed by atoms with Gasteiger partial charge in [-0.25, -0.2) is 0 Å². The molecule has 0 saturated heterocycles. The Balaban J connectivity index is 2.12. The van der Waals surface area contributed by atoms with Gasteiger partial charge in [-0.05, 0) is 48.6 Å². The molecule has 0 aromatic heterocycles. The lowest BCUT2D eigenvalue weighted by atomic mass is 9.80. The molecular formula is C19H18ClNO. The Morgan fingerprint density at radius 3 is 2.32 bits per heavy atom. The average molecular weight is 312 g/mol. The van der Waals surface area contributed by atoms with E-state index in [1.165, 1.54) is 19.3 Å². The zero-order chi connectivity index (χ0) is 15.5. The van der Waals surface area contributed by atoms with E-state index in [2.05, 4.69) is 6.07 Å². The maximum atomic E-state index is 10.4. The van der Waals surface area contributed by atoms with Gasteiger partial charge in [-0.15, -0.1) is 0 Å². The fourth-order valence-electron chi connectivity index (χ4n) is 3.39. The largest absolute Gasteiger partial charge is 0.508 e. The van der Waals surface area contributed by atoms with Gasteiger partial charge in [0.1, 0.15) is 5.75 Å². The van der Waals surface area contributed by atoms with Gasteiger partial charge in [-0.1, -0.05) is 43.0 Å². The third-order valence-electron chi connectivity index (χ3n) is 4.49. The Morgan fingerprint density at radius 1 is 1.00 bits per heavy atom. The fraction of sp³-hybridized carbons (Fsp3) is 0.316. The highest BCUT2D eigenvalue weighted by Gasteiger charge is 2.24. The van der Waals surface area contributed by atoms with Crippen molar-refractivity contribution in [1.29, 1.82) is 5.26 Å². The lowest BCUT2D eigenvalue weighted by molar-refractivity contribution is 0.415. The lowest BCUT2D eigenvalue weighted by Crippen LogP contribution is -2.06. The molecule has 1 fully saturated rings. The number of phenolic OH excluding ortho intramolecular Hbond substituents is 1. The van der Waals surface area contributed by atoms with E-state index in [4.69, 9.17) is 16.9 Å². The molecule has 0 bridgehead atoms. The highest BCUT2D eigenvalue weighted by atomic mass is 35.5. The Hall–Kier alpha value is -1.98. The van der Waals surface area contributed by atoms with Gasteiger partial charge < -0.3 is 5.11 Å². The molecule has 0 radical (unpaired) electrons. The van der Waals surface area contributed by atoms with Crippen molar-refractivity contribution in [3.8, 4) is 22.9 Å². The molecule has 0 heterocycles. The van der Waals surface area contributed by atoms with Crippen LogP contribution in [0.4, 0.5) is 0 Å². The van der Waals surface area contributed by atoms with E-state index in [0.29, 0.717) is 22.3 Å². The molecule has 0 unspecified atom stereocenters. The number of nitrogens with zero attached hydrogens (tertiary/aromatic N) is 1. The molecule has 0 aliphatic heterocycles. The summed E-state index contributed by atoms with van der Waals surface area (Å²) < 4.78 is 0. The second-order valence-corrected chi connectivity index (χ2v) is 6.29. The lowest BCUT2D eigenvalue weighted by Gasteiger charge is -2.26. The number of hydrogen-bond donors (Lipinski definition) is 1. The first-order valence-corrected chi connectivity index (χ1v) is 8.10. The molecule has 3 heteroatoms. The number of halogens is 1. The molecule has 0 spiro atoms. The fourth-order valence-corrected chi connectivity index (χ4v) is 3.67. The van der Waals surface area contributed by atoms with Crippen molar-refractivity contribution < 1.29 is 5.11 Å². The maximum absolute atomic E-state index is 10.4. The molecule has 1 aliphatic carbocycles. The summed E-state index contributed by atoms with van der Waals surface area (Å²) in [7, 11) is 0. The third kappa shape index (κ3) is 2.82. The van der Waals surface area contributed by atoms with Gasteiger partial charge in [-0.2, -0.15) is 5.26 Å². The number of hydrogen-bond acceptors (Lipinski definition) is 2. The van der Waals surface area contributed by atoms with Gasteiger partial charge in [0.05, 0.1) is 11.6 Å². The summed E-state index contributed by atoms with van der Waals surface area (Å²) in [4.78, 5) is 0. The monoisotopic (exact) mass is 311 g/mol. The summed E-state index contributed by atoms with van der Waals surface area (Å²) in [5.41, 5.74) is 3.47. The van der Waals surface area contributed by atoms with E-state index < -0.39 is 0 Å². The summed E-state index contributed by atoms with van der Waals surface area (Å²) >= 11 is 6.45. The van der Waals surface area contributed by atoms with E-state index in [-0.39, 0.29) is 0 Å². The van der Waals surface area contributed by atoms with E-state index in [9.17, 15) is 5.11 Å². The van der Waals surface area contributed by atoms with E-state index >= 15 is 0 Å². The molecule has 1 N–H and O–H groups in total. The first-order valence-electron chi connectivity index (χ1n) is 7.72. The normalized spacial score (nSPS) is 15.5. The predicted molar refractivity (Wildman–Crippen MR) is 89.1 cm³/mol. The van der Waals surface area contributed by atoms with Crippen LogP contribution in [0.5, 0.6) is 5.75 Å². The number of phenols is 1. The summed E-state index contributed by atoms with van der Waals surface area (Å²) in [6.45, 7) is 0. The van der Waals surface area contributed by atoms with Gasteiger partial charge in [-0.3, -0.25) is 0 Å². The van der Waals surface area contributed by atoms with Crippen LogP contribution in [-0.2, 0) is 0 Å². The van der Waals surface area contributed by atoms with Crippen LogP contribution in [0.15, 0.2) is 36.4 Å². The second kappa shape index (κ2) is 6.42. The van der Waals surface area contributed by atoms with Crippen molar-refractivity contribution >= 4 is 11.6 Å². The highest BCUT2D eigenvalue weighted by Crippen LogP contribution is 2.45. The molecule has 2 nitrogen and oxygen atoms in total. The Bertz CT molecular complexity index is 709. The molecule has 1 saturated carbocycles. The second-order valence-electron chi connectivity index (χ2n) is 5.88. The van der Waals surface area contributed by atoms with Gasteiger partial charge in [0.2, 0.25) is 0 Å². The molecule has 1 aliphatic rings. The Labute approximate surface area is 136 Å². The quantitative estimate of drug-likeness (QED) is 0.780. The molecule has 0 amide bonds. The predicted octanol–water partition coefficient (Wildman–Crippen LogP) is 5.63. The first kappa shape index (κ1) is 14.9. The van der Waals surface area contributed by atoms with Crippen LogP contribution in [0.25, 0.3) is 11.1 Å². The van der Waals surface area contributed by atoms with E-state index in [0.717, 1.165) is 29.5 Å². The molecule has 2 aromatic rings. The molecule has 22 heavy (non-hydrogen) atoms. The van der Waals surface area contributed by atoms with Gasteiger partial charge in [0, 0.05) is 16.1 Å². The van der Waals surface area contributed by atoms with Crippen LogP contribution in [0.2, 0.25) is 5.02 Å². The highest BCUT2D eigenvalue weighted by molar-refractivity contribution is 6.33. The third-order valence-corrected chi connectivity index (χ3v) is 4.80. The molecule has 2 aromatic carbocycles. The molecule has 3 rings (SSSR count). The SMILES string of the molecule is N#Cc1ccc(-c2c(Cl)ccc(O)c2C2CCCCC2)cc1. The maximum Gasteiger partial charge on any atom is 0.119 e. The van der Waals surface area contributed by atoms with Crippen molar-refractivity contribution in [2.75, 3.05) is 0 Å². The molecule has 0 atom stereocenters. The van der Waals surface area contributed by atoms with E-state index in [1.807, 2.05) is 12.1 Å². The van der Waals surface area contributed by atoms with Crippen molar-refractivity contribution in [1.82, 2.24) is 0 Å². The standard InChI is InChI=1S/C19H18ClNO/c20-16-10-11-17(22)19(14-4-2-1-3-5-14)18(16)15-8-6-13(12-21)7-9-15/h6-11,14,22H,1-5H2. The Kier molecular flexibility index (Phi) is 4.36. The van der Waals surface area contributed by atoms with Crippen molar-refractivity contribution in [2.45, 2.75) is 38.0 Å². The smallest absolute Gasteiger partial charge is 0.119 e. The van der Waals surface area contributed by atoms with Crippen LogP contribution < -0.4 is 0 Å². The van der Waals surface area contributed by atoms with Crippen LogP contribution >= 0.6 is 11.6 Å². The molecule has 112 valence electrons. The summed E-state index contributed by atoms with van der Waals surface area (Å²) in [5.74, 6) is 0.689. The van der Waals surface area contributed by atoms with Gasteiger partial charge >= 0.3 is 0 Å². The van der Waals surface area contributed by atoms with Crippen LogP contribution in [0.3, 0.4) is 0 Å². The summed E-state index contributed by atoms with van der Waals surface area (Å²) in [5, 5.41) is 20.0. The summed E-state index contributed by atoms with van der Waals surface area (Å²) in [6.07, 6.45) is 5.85. The topological polar surface area (TPSA) is 44.0 Å². The van der Waals surface area contributed by atoms with Gasteiger partial charge in [0.15, 0.2) is 0 Å². The van der Waals surface area contributed by atoms with Crippen molar-refractivity contribution in [2.24, 2.45) is 0 Å². The first-order chi connectivity index (χ1) is 10.7. The van der Waals surface area contributed by atoms with Crippen molar-refractivity contribution in [3.05, 3.63) is 52.5 Å². The van der Waals surface area contributed by atoms with Crippen LogP contribution in [-0.4, -0.2) is 5.11 Å². The minimum Gasteiger partial charge on any atom is -0.508 e. The zero-order valence-electron chi connectivity index (χ0n) is 12.3. The average Bonchev–Trinajstić information content (AvgIpc) is 2.57. The zero-order valence-corrected chi connectivity index (χ0v) is 13.1. The van der Waals surface area contributed by atoms with Gasteiger partial charge in [0.25, 0.3) is 0 Å². The number of nitriles is 1. The number of rotatable bonds is 2. The minimum atomic E-state index is 0.329.